The lowest BCUT2D eigenvalue weighted by molar-refractivity contribution is -0.384. The second-order valence-electron chi connectivity index (χ2n) is 7.83. The summed E-state index contributed by atoms with van der Waals surface area (Å²) in [7, 11) is 0. The van der Waals surface area contributed by atoms with Crippen molar-refractivity contribution in [2.24, 2.45) is 5.10 Å². The quantitative estimate of drug-likeness (QED) is 0.128. The third-order valence-electron chi connectivity index (χ3n) is 5.20. The van der Waals surface area contributed by atoms with Gasteiger partial charge in [-0.05, 0) is 47.9 Å². The number of rotatable bonds is 8. The van der Waals surface area contributed by atoms with Crippen LogP contribution in [0.5, 0.6) is 5.75 Å². The summed E-state index contributed by atoms with van der Waals surface area (Å²) in [5.74, 6) is 0.783. The Balaban J connectivity index is 1.62. The smallest absolute Gasteiger partial charge is 0.282 e. The topological polar surface area (TPSA) is 99.6 Å². The third kappa shape index (κ3) is 5.75. The molecule has 36 heavy (non-hydrogen) atoms. The van der Waals surface area contributed by atoms with Crippen molar-refractivity contribution in [3.05, 3.63) is 107 Å². The van der Waals surface area contributed by atoms with Gasteiger partial charge >= 0.3 is 0 Å². The lowest BCUT2D eigenvalue weighted by Crippen LogP contribution is -2.22. The number of halogens is 3. The molecule has 0 aliphatic carbocycles. The summed E-state index contributed by atoms with van der Waals surface area (Å²) < 4.78 is 7.79. The Morgan fingerprint density at radius 1 is 1.17 bits per heavy atom. The Kier molecular flexibility index (Phi) is 8.03. The van der Waals surface area contributed by atoms with Crippen LogP contribution in [0.4, 0.5) is 5.69 Å². The molecule has 0 atom stereocenters. The van der Waals surface area contributed by atoms with Gasteiger partial charge in [0.15, 0.2) is 5.75 Å². The molecule has 0 saturated heterocycles. The van der Waals surface area contributed by atoms with E-state index < -0.39 is 4.92 Å². The van der Waals surface area contributed by atoms with Crippen LogP contribution in [0.15, 0.2) is 69.0 Å². The third-order valence-corrected chi connectivity index (χ3v) is 6.25. The zero-order chi connectivity index (χ0) is 25.8. The molecule has 3 aromatic carbocycles. The Labute approximate surface area is 224 Å². The summed E-state index contributed by atoms with van der Waals surface area (Å²) in [6.07, 6.45) is 2.84. The number of nitrogens with zero attached hydrogens (tertiary/aromatic N) is 4. The van der Waals surface area contributed by atoms with Crippen LogP contribution >= 0.6 is 39.1 Å². The average Bonchev–Trinajstić information content (AvgIpc) is 2.84. The maximum Gasteiger partial charge on any atom is 0.282 e. The van der Waals surface area contributed by atoms with Crippen LogP contribution < -0.4 is 10.3 Å². The van der Waals surface area contributed by atoms with E-state index in [0.29, 0.717) is 34.3 Å². The molecule has 0 N–H and O–H groups in total. The van der Waals surface area contributed by atoms with Gasteiger partial charge in [0.1, 0.15) is 12.4 Å². The molecule has 4 rings (SSSR count). The molecular weight excluding hydrogens is 571 g/mol. The normalized spacial score (nSPS) is 11.3. The molecule has 1 aromatic heterocycles. The minimum atomic E-state index is -0.473. The number of fused-ring (bicyclic) bond motifs is 1. The number of nitro groups is 1. The molecule has 4 aromatic rings. The van der Waals surface area contributed by atoms with Crippen molar-refractivity contribution in [2.45, 2.75) is 26.4 Å². The van der Waals surface area contributed by atoms with Crippen LogP contribution in [-0.4, -0.2) is 20.8 Å². The van der Waals surface area contributed by atoms with Crippen LogP contribution in [0.3, 0.4) is 0 Å². The Hall–Kier alpha value is -3.27. The first kappa shape index (κ1) is 25.8. The number of hydrogen-bond acceptors (Lipinski definition) is 6. The summed E-state index contributed by atoms with van der Waals surface area (Å²) >= 11 is 16.2. The predicted molar refractivity (Wildman–Crippen MR) is 145 cm³/mol. The number of nitro benzene ring substituents is 1. The summed E-state index contributed by atoms with van der Waals surface area (Å²) in [4.78, 5) is 28.3. The molecule has 0 saturated carbocycles. The van der Waals surface area contributed by atoms with E-state index in [1.165, 1.54) is 23.0 Å². The largest absolute Gasteiger partial charge is 0.486 e. The number of hydrogen-bond donors (Lipinski definition) is 0. The van der Waals surface area contributed by atoms with Crippen LogP contribution in [0.25, 0.3) is 10.9 Å². The number of aryl methyl sites for hydroxylation is 1. The molecule has 0 spiro atoms. The van der Waals surface area contributed by atoms with Crippen LogP contribution in [0, 0.1) is 10.1 Å². The van der Waals surface area contributed by atoms with Crippen molar-refractivity contribution in [2.75, 3.05) is 0 Å². The van der Waals surface area contributed by atoms with Gasteiger partial charge in [-0.1, -0.05) is 58.2 Å². The van der Waals surface area contributed by atoms with Gasteiger partial charge < -0.3 is 4.74 Å². The first-order valence-electron chi connectivity index (χ1n) is 10.9. The summed E-state index contributed by atoms with van der Waals surface area (Å²) in [6.45, 7) is 2.04. The first-order chi connectivity index (χ1) is 17.3. The van der Waals surface area contributed by atoms with Crippen molar-refractivity contribution < 1.29 is 9.66 Å². The van der Waals surface area contributed by atoms with Gasteiger partial charge in [0.05, 0.1) is 32.1 Å². The highest BCUT2D eigenvalue weighted by Gasteiger charge is 2.13. The van der Waals surface area contributed by atoms with Gasteiger partial charge in [-0.25, -0.2) is 4.98 Å². The first-order valence-corrected chi connectivity index (χ1v) is 12.4. The van der Waals surface area contributed by atoms with Gasteiger partial charge in [0.25, 0.3) is 11.2 Å². The molecule has 8 nitrogen and oxygen atoms in total. The summed E-state index contributed by atoms with van der Waals surface area (Å²) in [5.41, 5.74) is 1.44. The van der Waals surface area contributed by atoms with Crippen molar-refractivity contribution >= 4 is 61.9 Å². The highest BCUT2D eigenvalue weighted by Crippen LogP contribution is 2.34. The van der Waals surface area contributed by atoms with Crippen LogP contribution in [-0.2, 0) is 13.0 Å². The molecule has 1 heterocycles. The molecule has 0 aliphatic heterocycles. The molecule has 0 amide bonds. The van der Waals surface area contributed by atoms with E-state index >= 15 is 0 Å². The van der Waals surface area contributed by atoms with E-state index in [4.69, 9.17) is 27.9 Å². The lowest BCUT2D eigenvalue weighted by atomic mass is 10.2. The minimum absolute atomic E-state index is 0.0342. The van der Waals surface area contributed by atoms with Gasteiger partial charge in [0.2, 0.25) is 0 Å². The standard InChI is InChI=1S/C25H19BrCl2N4O4/c1-2-4-23-30-22-8-7-17(26)12-19(22)25(33)31(23)29-13-16-10-20(27)24(21(28)11-16)36-14-15-5-3-6-18(9-15)32(34)35/h3,5-13H,2,4,14H2,1H3. The van der Waals surface area contributed by atoms with E-state index in [1.54, 1.807) is 36.4 Å². The van der Waals surface area contributed by atoms with E-state index in [0.717, 1.165) is 10.9 Å². The van der Waals surface area contributed by atoms with Crippen molar-refractivity contribution in [3.63, 3.8) is 0 Å². The summed E-state index contributed by atoms with van der Waals surface area (Å²) in [5, 5.41) is 16.3. The van der Waals surface area contributed by atoms with Gasteiger partial charge in [-0.15, -0.1) is 0 Å². The Morgan fingerprint density at radius 2 is 1.92 bits per heavy atom. The van der Waals surface area contributed by atoms with Crippen molar-refractivity contribution in [3.8, 4) is 5.75 Å². The fourth-order valence-electron chi connectivity index (χ4n) is 3.53. The summed E-state index contributed by atoms with van der Waals surface area (Å²) in [6, 6.07) is 14.7. The minimum Gasteiger partial charge on any atom is -0.486 e. The second-order valence-corrected chi connectivity index (χ2v) is 9.56. The van der Waals surface area contributed by atoms with E-state index in [2.05, 4.69) is 26.0 Å². The molecule has 0 bridgehead atoms. The molecule has 0 unspecified atom stereocenters. The molecule has 184 valence electrons. The number of non-ortho nitro benzene ring substituents is 1. The zero-order valence-corrected chi connectivity index (χ0v) is 22.0. The van der Waals surface area contributed by atoms with Crippen LogP contribution in [0.1, 0.15) is 30.3 Å². The van der Waals surface area contributed by atoms with E-state index in [-0.39, 0.29) is 33.6 Å². The maximum atomic E-state index is 13.1. The Bertz CT molecular complexity index is 1530. The molecular formula is C25H19BrCl2N4O4. The number of ether oxygens (including phenoxy) is 1. The van der Waals surface area contributed by atoms with E-state index in [9.17, 15) is 14.9 Å². The maximum absolute atomic E-state index is 13.1. The van der Waals surface area contributed by atoms with E-state index in [1.807, 2.05) is 13.0 Å². The highest BCUT2D eigenvalue weighted by atomic mass is 79.9. The highest BCUT2D eigenvalue weighted by molar-refractivity contribution is 9.10. The molecule has 11 heteroatoms. The second kappa shape index (κ2) is 11.2. The molecule has 0 radical (unpaired) electrons. The average molecular weight is 590 g/mol. The van der Waals surface area contributed by atoms with Gasteiger partial charge in [0, 0.05) is 23.0 Å². The zero-order valence-electron chi connectivity index (χ0n) is 19.0. The molecule has 0 fully saturated rings. The number of benzene rings is 3. The monoisotopic (exact) mass is 588 g/mol. The van der Waals surface area contributed by atoms with Crippen molar-refractivity contribution in [1.82, 2.24) is 9.66 Å². The fourth-order valence-corrected chi connectivity index (χ4v) is 4.51. The fraction of sp³-hybridized carbons (Fsp3) is 0.160. The van der Waals surface area contributed by atoms with Crippen LogP contribution in [0.2, 0.25) is 10.0 Å². The number of aromatic nitrogens is 2. The van der Waals surface area contributed by atoms with Crippen molar-refractivity contribution in [1.29, 1.82) is 0 Å². The van der Waals surface area contributed by atoms with Gasteiger partial charge in [-0.3, -0.25) is 14.9 Å². The molecule has 0 aliphatic rings. The van der Waals surface area contributed by atoms with Gasteiger partial charge in [-0.2, -0.15) is 9.78 Å². The Morgan fingerprint density at radius 3 is 2.61 bits per heavy atom. The lowest BCUT2D eigenvalue weighted by Gasteiger charge is -2.11. The SMILES string of the molecule is CCCc1nc2ccc(Br)cc2c(=O)n1N=Cc1cc(Cl)c(OCc2cccc([N+](=O)[O-])c2)c(Cl)c1. The predicted octanol–water partition coefficient (Wildman–Crippen LogP) is 6.79.